The van der Waals surface area contributed by atoms with Gasteiger partial charge in [0.05, 0.1) is 18.2 Å². The Hall–Kier alpha value is -2.92. The minimum atomic E-state index is -0.957. The van der Waals surface area contributed by atoms with Gasteiger partial charge in [0.25, 0.3) is 0 Å². The predicted molar refractivity (Wildman–Crippen MR) is 138 cm³/mol. The first-order chi connectivity index (χ1) is 16.8. The van der Waals surface area contributed by atoms with Gasteiger partial charge >= 0.3 is 5.97 Å². The maximum atomic E-state index is 13.8. The average Bonchev–Trinajstić information content (AvgIpc) is 3.61. The lowest BCUT2D eigenvalue weighted by atomic mass is 9.91. The molecule has 0 radical (unpaired) electrons. The minimum absolute atomic E-state index is 0.206. The van der Waals surface area contributed by atoms with Gasteiger partial charge in [-0.2, -0.15) is 0 Å². The van der Waals surface area contributed by atoms with E-state index in [1.807, 2.05) is 30.3 Å². The van der Waals surface area contributed by atoms with Gasteiger partial charge < -0.3 is 14.8 Å². The predicted octanol–water partition coefficient (Wildman–Crippen LogP) is 7.04. The third-order valence-electron chi connectivity index (χ3n) is 7.28. The number of aliphatic carboxylic acids is 1. The number of carboxylic acid groups (broad SMARTS) is 1. The largest absolute Gasteiger partial charge is 0.481 e. The molecule has 0 aliphatic heterocycles. The number of hydrogen-bond donors (Lipinski definition) is 2. The highest BCUT2D eigenvalue weighted by Crippen LogP contribution is 2.44. The highest BCUT2D eigenvalue weighted by Gasteiger charge is 2.33. The molecule has 1 aromatic heterocycles. The average molecular weight is 478 g/mol. The van der Waals surface area contributed by atoms with E-state index >= 15 is 0 Å². The fourth-order valence-electron chi connectivity index (χ4n) is 5.65. The van der Waals surface area contributed by atoms with Crippen molar-refractivity contribution in [3.63, 3.8) is 0 Å². The number of halogens is 1. The van der Waals surface area contributed by atoms with E-state index < -0.39 is 12.1 Å². The summed E-state index contributed by atoms with van der Waals surface area (Å²) in [7, 11) is 0. The number of hydrogen-bond acceptors (Lipinski definition) is 2. The highest BCUT2D eigenvalue weighted by atomic mass is 19.1. The molecule has 3 aromatic rings. The molecule has 4 nitrogen and oxygen atoms in total. The van der Waals surface area contributed by atoms with Gasteiger partial charge in [-0.25, -0.2) is 4.39 Å². The summed E-state index contributed by atoms with van der Waals surface area (Å²) in [6.45, 7) is 7.36. The van der Waals surface area contributed by atoms with Gasteiger partial charge in [0.15, 0.2) is 0 Å². The molecule has 1 fully saturated rings. The van der Waals surface area contributed by atoms with Crippen LogP contribution in [0.5, 0.6) is 0 Å². The fourth-order valence-corrected chi connectivity index (χ4v) is 5.65. The first kappa shape index (κ1) is 25.2. The molecular weight excluding hydrogens is 441 g/mol. The van der Waals surface area contributed by atoms with Crippen molar-refractivity contribution < 1.29 is 19.4 Å². The Labute approximate surface area is 207 Å². The molecule has 0 amide bonds. The molecule has 1 heterocycles. The minimum Gasteiger partial charge on any atom is -0.481 e. The van der Waals surface area contributed by atoms with Crippen molar-refractivity contribution in [2.24, 2.45) is 11.8 Å². The van der Waals surface area contributed by atoms with Crippen LogP contribution >= 0.6 is 0 Å². The second-order valence-corrected chi connectivity index (χ2v) is 10.3. The Bertz CT molecular complexity index is 1150. The number of aliphatic hydroxyl groups excluding tert-OH is 1. The van der Waals surface area contributed by atoms with Crippen molar-refractivity contribution in [3.05, 3.63) is 71.7 Å². The lowest BCUT2D eigenvalue weighted by Crippen LogP contribution is -2.20. The molecule has 1 unspecified atom stereocenters. The summed E-state index contributed by atoms with van der Waals surface area (Å²) in [6.07, 6.45) is 2.66. The summed E-state index contributed by atoms with van der Waals surface area (Å²) < 4.78 is 16.2. The lowest BCUT2D eigenvalue weighted by molar-refractivity contribution is -0.139. The van der Waals surface area contributed by atoms with Crippen LogP contribution in [0.1, 0.15) is 63.1 Å². The van der Waals surface area contributed by atoms with E-state index in [2.05, 4.69) is 37.5 Å². The Kier molecular flexibility index (Phi) is 7.75. The number of carboxylic acids is 1. The summed E-state index contributed by atoms with van der Waals surface area (Å²) in [4.78, 5) is 11.1. The zero-order valence-electron chi connectivity index (χ0n) is 20.9. The van der Waals surface area contributed by atoms with E-state index in [1.54, 1.807) is 0 Å². The molecule has 2 aromatic carbocycles. The SMILES string of the molecule is Cc1c(-c2ccccc2)c(-c2ccc(F)cc2)n(CCC(C[C@@H](O)CC(=O)O)C2CC2)c1C(C)C. The number of benzene rings is 2. The summed E-state index contributed by atoms with van der Waals surface area (Å²) in [5.74, 6) is -0.0752. The van der Waals surface area contributed by atoms with Gasteiger partial charge in [-0.3, -0.25) is 4.79 Å². The molecule has 186 valence electrons. The number of nitrogens with zero attached hydrogens (tertiary/aromatic N) is 1. The molecule has 5 heteroatoms. The topological polar surface area (TPSA) is 62.5 Å². The third-order valence-corrected chi connectivity index (χ3v) is 7.28. The number of rotatable bonds is 11. The van der Waals surface area contributed by atoms with Crippen LogP contribution in [0.4, 0.5) is 4.39 Å². The maximum absolute atomic E-state index is 13.8. The summed E-state index contributed by atoms with van der Waals surface area (Å²) >= 11 is 0. The van der Waals surface area contributed by atoms with E-state index in [4.69, 9.17) is 5.11 Å². The molecule has 1 saturated carbocycles. The van der Waals surface area contributed by atoms with Crippen LogP contribution < -0.4 is 0 Å². The van der Waals surface area contributed by atoms with Crippen molar-refractivity contribution in [2.75, 3.05) is 0 Å². The zero-order chi connectivity index (χ0) is 25.1. The van der Waals surface area contributed by atoms with Crippen LogP contribution in [-0.2, 0) is 11.3 Å². The van der Waals surface area contributed by atoms with Gasteiger partial charge in [0.1, 0.15) is 5.82 Å². The van der Waals surface area contributed by atoms with Crippen LogP contribution in [0.15, 0.2) is 54.6 Å². The van der Waals surface area contributed by atoms with Crippen LogP contribution in [0.25, 0.3) is 22.4 Å². The monoisotopic (exact) mass is 477 g/mol. The van der Waals surface area contributed by atoms with E-state index in [1.165, 1.54) is 29.0 Å². The van der Waals surface area contributed by atoms with Crippen molar-refractivity contribution in [1.29, 1.82) is 0 Å². The number of aromatic nitrogens is 1. The molecule has 2 N–H and O–H groups in total. The van der Waals surface area contributed by atoms with Crippen molar-refractivity contribution in [3.8, 4) is 22.4 Å². The Balaban J connectivity index is 1.76. The molecule has 1 aliphatic carbocycles. The second kappa shape index (κ2) is 10.8. The Morgan fingerprint density at radius 3 is 2.29 bits per heavy atom. The van der Waals surface area contributed by atoms with Crippen LogP contribution in [-0.4, -0.2) is 26.9 Å². The number of carbonyl (C=O) groups is 1. The number of aliphatic hydroxyl groups is 1. The van der Waals surface area contributed by atoms with Gasteiger partial charge in [0, 0.05) is 17.8 Å². The van der Waals surface area contributed by atoms with Crippen molar-refractivity contribution >= 4 is 5.97 Å². The second-order valence-electron chi connectivity index (χ2n) is 10.3. The fraction of sp³-hybridized carbons (Fsp3) is 0.433. The van der Waals surface area contributed by atoms with Gasteiger partial charge in [-0.1, -0.05) is 44.2 Å². The first-order valence-corrected chi connectivity index (χ1v) is 12.7. The molecule has 2 atom stereocenters. The molecule has 0 saturated heterocycles. The Morgan fingerprint density at radius 1 is 1.06 bits per heavy atom. The Morgan fingerprint density at radius 2 is 1.71 bits per heavy atom. The smallest absolute Gasteiger partial charge is 0.305 e. The van der Waals surface area contributed by atoms with Gasteiger partial charge in [0.2, 0.25) is 0 Å². The van der Waals surface area contributed by atoms with E-state index in [-0.39, 0.29) is 18.2 Å². The summed E-state index contributed by atoms with van der Waals surface area (Å²) in [6, 6.07) is 17.1. The maximum Gasteiger partial charge on any atom is 0.305 e. The zero-order valence-corrected chi connectivity index (χ0v) is 20.9. The van der Waals surface area contributed by atoms with Crippen LogP contribution in [0.2, 0.25) is 0 Å². The quantitative estimate of drug-likeness (QED) is 0.311. The molecule has 4 rings (SSSR count). The van der Waals surface area contributed by atoms with Crippen LogP contribution in [0.3, 0.4) is 0 Å². The van der Waals surface area contributed by atoms with Crippen LogP contribution in [0, 0.1) is 24.6 Å². The lowest BCUT2D eigenvalue weighted by Gasteiger charge is -2.23. The van der Waals surface area contributed by atoms with Gasteiger partial charge in [-0.05, 0) is 91.3 Å². The molecule has 0 bridgehead atoms. The molecule has 0 spiro atoms. The standard InChI is InChI=1S/C30H36FNO3/c1-19(2)29-20(3)28(22-7-5-4-6-8-22)30(23-11-13-25(31)14-12-23)32(29)16-15-24(21-9-10-21)17-26(33)18-27(34)35/h4-8,11-14,19,21,24,26,33H,9-10,15-18H2,1-3H3,(H,34,35)/t24?,26-/m1/s1. The van der Waals surface area contributed by atoms with Gasteiger partial charge in [-0.15, -0.1) is 0 Å². The van der Waals surface area contributed by atoms with Crippen molar-refractivity contribution in [2.45, 2.75) is 71.4 Å². The third kappa shape index (κ3) is 5.84. The summed E-state index contributed by atoms with van der Waals surface area (Å²) in [5, 5.41) is 19.4. The molecule has 1 aliphatic rings. The molecular formula is C30H36FNO3. The molecule has 35 heavy (non-hydrogen) atoms. The van der Waals surface area contributed by atoms with E-state index in [9.17, 15) is 14.3 Å². The normalized spacial score (nSPS) is 15.4. The van der Waals surface area contributed by atoms with E-state index in [0.717, 1.165) is 42.6 Å². The summed E-state index contributed by atoms with van der Waals surface area (Å²) in [5.41, 5.74) is 6.89. The highest BCUT2D eigenvalue weighted by molar-refractivity contribution is 5.85. The first-order valence-electron chi connectivity index (χ1n) is 12.7. The van der Waals surface area contributed by atoms with E-state index in [0.29, 0.717) is 18.3 Å². The van der Waals surface area contributed by atoms with Crippen molar-refractivity contribution in [1.82, 2.24) is 4.57 Å².